The van der Waals surface area contributed by atoms with Gasteiger partial charge in [0, 0.05) is 62.3 Å². The third kappa shape index (κ3) is 5.98. The van der Waals surface area contributed by atoms with Crippen molar-refractivity contribution in [1.82, 2.24) is 14.3 Å². The molecular formula is C23H22FN5O3S. The number of carbonyl (C=O) groups is 1. The van der Waals surface area contributed by atoms with E-state index in [2.05, 4.69) is 14.3 Å². The fourth-order valence-electron chi connectivity index (χ4n) is 3.54. The molecule has 1 fully saturated rings. The van der Waals surface area contributed by atoms with Crippen molar-refractivity contribution in [2.45, 2.75) is 12.8 Å². The minimum atomic E-state index is -0.453. The van der Waals surface area contributed by atoms with Crippen LogP contribution in [0.3, 0.4) is 0 Å². The number of nitrogens with zero attached hydrogens (tertiary/aromatic N) is 5. The largest absolute Gasteiger partial charge is 0.345 e. The highest BCUT2D eigenvalue weighted by molar-refractivity contribution is 7.09. The lowest BCUT2D eigenvalue weighted by Crippen LogP contribution is -2.34. The number of non-ortho nitro benzene ring substituents is 1. The van der Waals surface area contributed by atoms with Gasteiger partial charge >= 0.3 is 0 Å². The Morgan fingerprint density at radius 1 is 1.09 bits per heavy atom. The fourth-order valence-corrected chi connectivity index (χ4v) is 4.28. The molecule has 0 N–H and O–H groups in total. The molecule has 0 bridgehead atoms. The molecule has 0 radical (unpaired) electrons. The van der Waals surface area contributed by atoms with Gasteiger partial charge in [0.05, 0.1) is 4.92 Å². The first-order valence-electron chi connectivity index (χ1n) is 10.5. The average molecular weight is 468 g/mol. The molecule has 0 unspecified atom stereocenters. The predicted molar refractivity (Wildman–Crippen MR) is 125 cm³/mol. The summed E-state index contributed by atoms with van der Waals surface area (Å²) in [6.07, 6.45) is 4.52. The Labute approximate surface area is 194 Å². The molecule has 1 amide bonds. The molecule has 33 heavy (non-hydrogen) atoms. The summed E-state index contributed by atoms with van der Waals surface area (Å²) in [5.74, 6) is 0.339. The zero-order chi connectivity index (χ0) is 23.2. The summed E-state index contributed by atoms with van der Waals surface area (Å²) in [7, 11) is 0. The van der Waals surface area contributed by atoms with Crippen molar-refractivity contribution in [1.29, 1.82) is 0 Å². The smallest absolute Gasteiger partial charge is 0.269 e. The number of nitro groups is 1. The fraction of sp³-hybridized carbons (Fsp3) is 0.261. The first-order valence-corrected chi connectivity index (χ1v) is 11.3. The number of carbonyl (C=O) groups excluding carboxylic acids is 1. The average Bonchev–Trinajstić information content (AvgIpc) is 3.13. The number of amides is 1. The van der Waals surface area contributed by atoms with Crippen LogP contribution in [0.2, 0.25) is 0 Å². The maximum absolute atomic E-state index is 13.1. The Morgan fingerprint density at radius 2 is 1.85 bits per heavy atom. The monoisotopic (exact) mass is 467 g/mol. The van der Waals surface area contributed by atoms with E-state index in [0.29, 0.717) is 31.9 Å². The molecular weight excluding hydrogens is 445 g/mol. The Balaban J connectivity index is 1.32. The van der Waals surface area contributed by atoms with Gasteiger partial charge in [-0.25, -0.2) is 9.37 Å². The molecule has 8 nitrogen and oxygen atoms in total. The topological polar surface area (TPSA) is 92.5 Å². The lowest BCUT2D eigenvalue weighted by Gasteiger charge is -2.20. The second kappa shape index (κ2) is 10.3. The van der Waals surface area contributed by atoms with Crippen LogP contribution in [0.1, 0.15) is 23.4 Å². The molecule has 0 spiro atoms. The molecule has 2 heterocycles. The van der Waals surface area contributed by atoms with Crippen molar-refractivity contribution in [3.63, 3.8) is 0 Å². The number of nitro benzene ring substituents is 1. The maximum Gasteiger partial charge on any atom is 0.269 e. The number of benzene rings is 2. The van der Waals surface area contributed by atoms with Gasteiger partial charge in [0.2, 0.25) is 11.0 Å². The van der Waals surface area contributed by atoms with Crippen LogP contribution in [-0.4, -0.2) is 51.3 Å². The highest BCUT2D eigenvalue weighted by atomic mass is 32.1. The van der Waals surface area contributed by atoms with Gasteiger partial charge < -0.3 is 9.80 Å². The van der Waals surface area contributed by atoms with Crippen LogP contribution in [0.5, 0.6) is 0 Å². The molecule has 1 saturated heterocycles. The van der Waals surface area contributed by atoms with E-state index in [1.54, 1.807) is 35.2 Å². The van der Waals surface area contributed by atoms with Crippen LogP contribution in [0, 0.1) is 15.9 Å². The zero-order valence-electron chi connectivity index (χ0n) is 17.8. The van der Waals surface area contributed by atoms with E-state index in [1.165, 1.54) is 41.9 Å². The van der Waals surface area contributed by atoms with E-state index < -0.39 is 4.92 Å². The van der Waals surface area contributed by atoms with Gasteiger partial charge in [-0.05, 0) is 47.9 Å². The highest BCUT2D eigenvalue weighted by Crippen LogP contribution is 2.21. The van der Waals surface area contributed by atoms with E-state index in [0.717, 1.165) is 29.2 Å². The Hall–Kier alpha value is -3.66. The summed E-state index contributed by atoms with van der Waals surface area (Å²) in [4.78, 5) is 31.5. The molecule has 170 valence electrons. The van der Waals surface area contributed by atoms with Crippen LogP contribution in [-0.2, 0) is 11.2 Å². The van der Waals surface area contributed by atoms with Gasteiger partial charge in [-0.15, -0.1) is 0 Å². The van der Waals surface area contributed by atoms with Gasteiger partial charge in [0.15, 0.2) is 0 Å². The number of anilines is 1. The molecule has 3 aromatic rings. The van der Waals surface area contributed by atoms with Crippen molar-refractivity contribution in [3.05, 3.63) is 87.5 Å². The molecule has 0 atom stereocenters. The van der Waals surface area contributed by atoms with Gasteiger partial charge in [0.1, 0.15) is 11.6 Å². The molecule has 0 aliphatic carbocycles. The quantitative estimate of drug-likeness (QED) is 0.310. The summed E-state index contributed by atoms with van der Waals surface area (Å²) in [6, 6.07) is 12.4. The van der Waals surface area contributed by atoms with Crippen LogP contribution in [0.15, 0.2) is 54.6 Å². The van der Waals surface area contributed by atoms with Gasteiger partial charge in [-0.1, -0.05) is 12.1 Å². The van der Waals surface area contributed by atoms with Crippen LogP contribution < -0.4 is 4.90 Å². The summed E-state index contributed by atoms with van der Waals surface area (Å²) in [6.45, 7) is 2.64. The molecule has 0 saturated carbocycles. The maximum atomic E-state index is 13.1. The Kier molecular flexibility index (Phi) is 7.04. The molecule has 10 heteroatoms. The minimum absolute atomic E-state index is 0.0172. The highest BCUT2D eigenvalue weighted by Gasteiger charge is 2.20. The Morgan fingerprint density at radius 3 is 2.58 bits per heavy atom. The third-order valence-corrected chi connectivity index (χ3v) is 6.15. The second-order valence-corrected chi connectivity index (χ2v) is 8.37. The first-order chi connectivity index (χ1) is 16.0. The molecule has 1 aliphatic heterocycles. The predicted octanol–water partition coefficient (Wildman–Crippen LogP) is 3.93. The van der Waals surface area contributed by atoms with E-state index in [4.69, 9.17) is 0 Å². The summed E-state index contributed by atoms with van der Waals surface area (Å²) in [5.41, 5.74) is 1.70. The zero-order valence-corrected chi connectivity index (χ0v) is 18.6. The molecule has 4 rings (SSSR count). The van der Waals surface area contributed by atoms with E-state index in [-0.39, 0.29) is 17.4 Å². The van der Waals surface area contributed by atoms with Crippen LogP contribution >= 0.6 is 11.5 Å². The minimum Gasteiger partial charge on any atom is -0.345 e. The van der Waals surface area contributed by atoms with E-state index in [9.17, 15) is 19.3 Å². The number of hydrogen-bond donors (Lipinski definition) is 0. The van der Waals surface area contributed by atoms with Gasteiger partial charge in [0.25, 0.3) is 5.69 Å². The summed E-state index contributed by atoms with van der Waals surface area (Å²) < 4.78 is 17.5. The summed E-state index contributed by atoms with van der Waals surface area (Å²) >= 11 is 1.33. The summed E-state index contributed by atoms with van der Waals surface area (Å²) in [5, 5.41) is 11.6. The SMILES string of the molecule is O=C(/C=C/c1ccc([N+](=O)[O-])cc1)N1CCCN(c2nc(Cc3ccc(F)cc3)ns2)CC1. The van der Waals surface area contributed by atoms with Crippen molar-refractivity contribution in [2.75, 3.05) is 31.1 Å². The van der Waals surface area contributed by atoms with Gasteiger partial charge in [-0.2, -0.15) is 4.37 Å². The van der Waals surface area contributed by atoms with Crippen molar-refractivity contribution >= 4 is 34.3 Å². The number of rotatable bonds is 6. The molecule has 1 aromatic heterocycles. The molecule has 1 aliphatic rings. The Bertz CT molecular complexity index is 1150. The van der Waals surface area contributed by atoms with E-state index in [1.807, 2.05) is 0 Å². The van der Waals surface area contributed by atoms with Crippen molar-refractivity contribution < 1.29 is 14.1 Å². The van der Waals surface area contributed by atoms with E-state index >= 15 is 0 Å². The van der Waals surface area contributed by atoms with Crippen molar-refractivity contribution in [3.8, 4) is 0 Å². The third-order valence-electron chi connectivity index (χ3n) is 5.33. The first kappa shape index (κ1) is 22.5. The van der Waals surface area contributed by atoms with Crippen LogP contribution in [0.25, 0.3) is 6.08 Å². The van der Waals surface area contributed by atoms with Crippen LogP contribution in [0.4, 0.5) is 15.2 Å². The van der Waals surface area contributed by atoms with Crippen molar-refractivity contribution in [2.24, 2.45) is 0 Å². The number of hydrogen-bond acceptors (Lipinski definition) is 7. The number of halogens is 1. The lowest BCUT2D eigenvalue weighted by molar-refractivity contribution is -0.384. The normalized spacial score (nSPS) is 14.5. The van der Waals surface area contributed by atoms with Gasteiger partial charge in [-0.3, -0.25) is 14.9 Å². The second-order valence-electron chi connectivity index (χ2n) is 7.64. The number of aromatic nitrogens is 2. The standard InChI is InChI=1S/C23H22FN5O3S/c24-19-7-2-18(3-8-19)16-21-25-23(33-26-21)28-13-1-12-27(14-15-28)22(30)11-6-17-4-9-20(10-5-17)29(31)32/h2-11H,1,12-16H2/b11-6+. The lowest BCUT2D eigenvalue weighted by atomic mass is 10.1. The molecule has 2 aromatic carbocycles.